The third kappa shape index (κ3) is 2.63. The minimum absolute atomic E-state index is 0.0986. The number of H-pyrrole nitrogens is 1. The first-order valence-corrected chi connectivity index (χ1v) is 6.94. The lowest BCUT2D eigenvalue weighted by atomic mass is 10.1. The summed E-state index contributed by atoms with van der Waals surface area (Å²) in [7, 11) is 0. The molecule has 0 spiro atoms. The number of halogens is 1. The predicted octanol–water partition coefficient (Wildman–Crippen LogP) is 4.02. The predicted molar refractivity (Wildman–Crippen MR) is 85.4 cm³/mol. The smallest absolute Gasteiger partial charge is 0.255 e. The van der Waals surface area contributed by atoms with E-state index in [4.69, 9.17) is 0 Å². The Hall–Kier alpha value is -1.82. The molecular weight excluding hydrogens is 351 g/mol. The fourth-order valence-corrected chi connectivity index (χ4v) is 2.50. The number of hydrogen-bond donors (Lipinski definition) is 2. The molecule has 4 heteroatoms. The zero-order chi connectivity index (χ0) is 13.2. The quantitative estimate of drug-likeness (QED) is 0.665. The van der Waals surface area contributed by atoms with Gasteiger partial charge in [0.15, 0.2) is 0 Å². The first kappa shape index (κ1) is 12.2. The van der Waals surface area contributed by atoms with Gasteiger partial charge in [0.1, 0.15) is 0 Å². The van der Waals surface area contributed by atoms with E-state index in [0.717, 1.165) is 20.2 Å². The van der Waals surface area contributed by atoms with Crippen LogP contribution in [-0.4, -0.2) is 10.9 Å². The maximum Gasteiger partial charge on any atom is 0.255 e. The van der Waals surface area contributed by atoms with Gasteiger partial charge in [0.05, 0.1) is 0 Å². The summed E-state index contributed by atoms with van der Waals surface area (Å²) in [5.74, 6) is -0.0986. The Morgan fingerprint density at radius 1 is 1.11 bits per heavy atom. The number of rotatable bonds is 2. The number of carbonyl (C=O) groups excluding carboxylic acids is 1. The molecule has 19 heavy (non-hydrogen) atoms. The summed E-state index contributed by atoms with van der Waals surface area (Å²) in [4.78, 5) is 15.3. The van der Waals surface area contributed by atoms with E-state index in [2.05, 4.69) is 32.9 Å². The number of aromatic amines is 1. The van der Waals surface area contributed by atoms with E-state index >= 15 is 0 Å². The second-order valence-electron chi connectivity index (χ2n) is 4.24. The van der Waals surface area contributed by atoms with Crippen LogP contribution in [0.4, 0.5) is 5.69 Å². The summed E-state index contributed by atoms with van der Waals surface area (Å²) in [6, 6.07) is 15.3. The van der Waals surface area contributed by atoms with Gasteiger partial charge in [-0.3, -0.25) is 4.79 Å². The number of carbonyl (C=O) groups is 1. The Morgan fingerprint density at radius 3 is 2.84 bits per heavy atom. The highest BCUT2D eigenvalue weighted by atomic mass is 127. The van der Waals surface area contributed by atoms with Crippen LogP contribution in [0.5, 0.6) is 0 Å². The minimum Gasteiger partial charge on any atom is -0.361 e. The number of fused-ring (bicyclic) bond motifs is 1. The second-order valence-corrected chi connectivity index (χ2v) is 5.49. The molecule has 0 aliphatic rings. The molecule has 3 aromatic rings. The Morgan fingerprint density at radius 2 is 2.00 bits per heavy atom. The molecule has 3 rings (SSSR count). The number of hydrogen-bond acceptors (Lipinski definition) is 1. The molecule has 0 saturated heterocycles. The summed E-state index contributed by atoms with van der Waals surface area (Å²) in [5, 5.41) is 4.00. The number of benzene rings is 2. The maximum absolute atomic E-state index is 12.2. The lowest BCUT2D eigenvalue weighted by Crippen LogP contribution is -2.11. The Bertz CT molecular complexity index is 748. The average Bonchev–Trinajstić information content (AvgIpc) is 2.85. The Balaban J connectivity index is 1.87. The van der Waals surface area contributed by atoms with Crippen molar-refractivity contribution < 1.29 is 4.79 Å². The highest BCUT2D eigenvalue weighted by Gasteiger charge is 2.07. The van der Waals surface area contributed by atoms with Crippen LogP contribution in [0, 0.1) is 3.57 Å². The molecule has 0 atom stereocenters. The zero-order valence-electron chi connectivity index (χ0n) is 9.98. The number of anilines is 1. The average molecular weight is 362 g/mol. The molecule has 0 saturated carbocycles. The van der Waals surface area contributed by atoms with Crippen LogP contribution in [0.15, 0.2) is 54.7 Å². The lowest BCUT2D eigenvalue weighted by Gasteiger charge is -2.05. The lowest BCUT2D eigenvalue weighted by molar-refractivity contribution is 0.102. The van der Waals surface area contributed by atoms with Crippen LogP contribution in [0.2, 0.25) is 0 Å². The van der Waals surface area contributed by atoms with Crippen LogP contribution in [0.3, 0.4) is 0 Å². The monoisotopic (exact) mass is 362 g/mol. The van der Waals surface area contributed by atoms with E-state index in [1.54, 1.807) is 0 Å². The van der Waals surface area contributed by atoms with Crippen molar-refractivity contribution in [1.82, 2.24) is 4.98 Å². The van der Waals surface area contributed by atoms with E-state index in [0.29, 0.717) is 5.56 Å². The van der Waals surface area contributed by atoms with Gasteiger partial charge in [-0.1, -0.05) is 12.1 Å². The Labute approximate surface area is 124 Å². The molecule has 3 nitrogen and oxygen atoms in total. The van der Waals surface area contributed by atoms with Gasteiger partial charge in [-0.05, 0) is 64.4 Å². The minimum atomic E-state index is -0.0986. The largest absolute Gasteiger partial charge is 0.361 e. The van der Waals surface area contributed by atoms with Gasteiger partial charge in [-0.2, -0.15) is 0 Å². The molecule has 1 aromatic heterocycles. The molecule has 1 heterocycles. The molecule has 2 aromatic carbocycles. The first-order chi connectivity index (χ1) is 9.22. The first-order valence-electron chi connectivity index (χ1n) is 5.86. The van der Waals surface area contributed by atoms with Crippen LogP contribution >= 0.6 is 22.6 Å². The number of aromatic nitrogens is 1. The zero-order valence-corrected chi connectivity index (χ0v) is 12.1. The van der Waals surface area contributed by atoms with Crippen LogP contribution in [-0.2, 0) is 0 Å². The van der Waals surface area contributed by atoms with Crippen LogP contribution in [0.1, 0.15) is 10.4 Å². The van der Waals surface area contributed by atoms with E-state index in [1.807, 2.05) is 54.7 Å². The van der Waals surface area contributed by atoms with Crippen molar-refractivity contribution in [1.29, 1.82) is 0 Å². The molecule has 0 aliphatic heterocycles. The van der Waals surface area contributed by atoms with Crippen LogP contribution < -0.4 is 5.32 Å². The summed E-state index contributed by atoms with van der Waals surface area (Å²) in [5.41, 5.74) is 2.42. The number of nitrogens with one attached hydrogen (secondary N) is 2. The molecule has 2 N–H and O–H groups in total. The maximum atomic E-state index is 12.2. The van der Waals surface area contributed by atoms with Crippen molar-refractivity contribution in [3.8, 4) is 0 Å². The van der Waals surface area contributed by atoms with Gasteiger partial charge >= 0.3 is 0 Å². The van der Waals surface area contributed by atoms with E-state index in [1.165, 1.54) is 0 Å². The van der Waals surface area contributed by atoms with E-state index in [9.17, 15) is 4.79 Å². The summed E-state index contributed by atoms with van der Waals surface area (Å²) in [6.07, 6.45) is 1.87. The van der Waals surface area contributed by atoms with E-state index in [-0.39, 0.29) is 5.91 Å². The fraction of sp³-hybridized carbons (Fsp3) is 0. The normalized spacial score (nSPS) is 10.6. The summed E-state index contributed by atoms with van der Waals surface area (Å²) >= 11 is 2.22. The van der Waals surface area contributed by atoms with Gasteiger partial charge < -0.3 is 10.3 Å². The van der Waals surface area contributed by atoms with Crippen molar-refractivity contribution in [2.45, 2.75) is 0 Å². The summed E-state index contributed by atoms with van der Waals surface area (Å²) in [6.45, 7) is 0. The van der Waals surface area contributed by atoms with E-state index < -0.39 is 0 Å². The molecule has 0 bridgehead atoms. The topological polar surface area (TPSA) is 44.9 Å². The van der Waals surface area contributed by atoms with Crippen molar-refractivity contribution in [2.24, 2.45) is 0 Å². The third-order valence-electron chi connectivity index (χ3n) is 2.90. The highest BCUT2D eigenvalue weighted by molar-refractivity contribution is 14.1. The van der Waals surface area contributed by atoms with Crippen LogP contribution in [0.25, 0.3) is 10.9 Å². The molecule has 0 fully saturated rings. The van der Waals surface area contributed by atoms with Gasteiger partial charge in [0.2, 0.25) is 0 Å². The third-order valence-corrected chi connectivity index (χ3v) is 3.57. The van der Waals surface area contributed by atoms with Crippen molar-refractivity contribution in [3.63, 3.8) is 0 Å². The molecule has 0 unspecified atom stereocenters. The molecular formula is C15H11IN2O. The van der Waals surface area contributed by atoms with Gasteiger partial charge in [-0.25, -0.2) is 0 Å². The van der Waals surface area contributed by atoms with Gasteiger partial charge in [-0.15, -0.1) is 0 Å². The van der Waals surface area contributed by atoms with Gasteiger partial charge in [0, 0.05) is 26.5 Å². The molecule has 1 amide bonds. The fourth-order valence-electron chi connectivity index (χ4n) is 1.96. The SMILES string of the molecule is O=C(Nc1cccc(I)c1)c1ccc2cc[nH]c2c1. The Kier molecular flexibility index (Phi) is 3.25. The highest BCUT2D eigenvalue weighted by Crippen LogP contribution is 2.17. The standard InChI is InChI=1S/C15H11IN2O/c16-12-2-1-3-13(9-12)18-15(19)11-5-4-10-6-7-17-14(10)8-11/h1-9,17H,(H,18,19). The molecule has 0 radical (unpaired) electrons. The molecule has 94 valence electrons. The van der Waals surface area contributed by atoms with Crippen molar-refractivity contribution in [3.05, 3.63) is 63.9 Å². The van der Waals surface area contributed by atoms with Crippen molar-refractivity contribution >= 4 is 45.1 Å². The summed E-state index contributed by atoms with van der Waals surface area (Å²) < 4.78 is 1.09. The number of amides is 1. The molecule has 0 aliphatic carbocycles. The second kappa shape index (κ2) is 5.05. The van der Waals surface area contributed by atoms with Crippen molar-refractivity contribution in [2.75, 3.05) is 5.32 Å². The van der Waals surface area contributed by atoms with Gasteiger partial charge in [0.25, 0.3) is 5.91 Å².